The zero-order valence-electron chi connectivity index (χ0n) is 16.1. The van der Waals surface area contributed by atoms with Gasteiger partial charge in [0.25, 0.3) is 0 Å². The van der Waals surface area contributed by atoms with Crippen LogP contribution in [0.25, 0.3) is 22.3 Å². The summed E-state index contributed by atoms with van der Waals surface area (Å²) in [4.78, 5) is 13.0. The van der Waals surface area contributed by atoms with Crippen molar-refractivity contribution in [3.8, 4) is 45.8 Å². The summed E-state index contributed by atoms with van der Waals surface area (Å²) < 4.78 is 32.6. The first-order chi connectivity index (χ1) is 13.5. The smallest absolute Gasteiger partial charge is 0.239 e. The quantitative estimate of drug-likeness (QED) is 0.688. The number of hydrogen-bond acceptors (Lipinski definition) is 8. The number of methoxy groups -OCH3 is 5. The molecule has 28 heavy (non-hydrogen) atoms. The van der Waals surface area contributed by atoms with Gasteiger partial charge in [0.05, 0.1) is 35.5 Å². The highest BCUT2D eigenvalue weighted by Crippen LogP contribution is 2.51. The van der Waals surface area contributed by atoms with Gasteiger partial charge in [0, 0.05) is 5.56 Å². The van der Waals surface area contributed by atoms with E-state index in [4.69, 9.17) is 28.1 Å². The van der Waals surface area contributed by atoms with Crippen molar-refractivity contribution in [3.05, 3.63) is 34.5 Å². The molecule has 3 rings (SSSR count). The van der Waals surface area contributed by atoms with Crippen LogP contribution in [0, 0.1) is 0 Å². The summed E-state index contributed by atoms with van der Waals surface area (Å²) in [5.74, 6) is 0.469. The van der Waals surface area contributed by atoms with Crippen molar-refractivity contribution in [1.29, 1.82) is 0 Å². The Hall–Kier alpha value is -3.55. The summed E-state index contributed by atoms with van der Waals surface area (Å²) in [6.45, 7) is 0. The predicted molar refractivity (Wildman–Crippen MR) is 102 cm³/mol. The topological polar surface area (TPSA) is 96.6 Å². The Balaban J connectivity index is 2.49. The maximum absolute atomic E-state index is 13.0. The molecule has 0 amide bonds. The summed E-state index contributed by atoms with van der Waals surface area (Å²) in [5, 5.41) is 10.5. The fraction of sp³-hybridized carbons (Fsp3) is 0.250. The minimum absolute atomic E-state index is 0.0267. The van der Waals surface area contributed by atoms with Crippen molar-refractivity contribution in [2.45, 2.75) is 0 Å². The second-order valence-electron chi connectivity index (χ2n) is 5.68. The monoisotopic (exact) mass is 388 g/mol. The summed E-state index contributed by atoms with van der Waals surface area (Å²) in [7, 11) is 7.11. The Morgan fingerprint density at radius 1 is 0.821 bits per heavy atom. The van der Waals surface area contributed by atoms with Crippen molar-refractivity contribution in [2.75, 3.05) is 35.5 Å². The van der Waals surface area contributed by atoms with Crippen LogP contribution in [0.1, 0.15) is 0 Å². The lowest BCUT2D eigenvalue weighted by Gasteiger charge is -2.18. The molecular weight excluding hydrogens is 368 g/mol. The van der Waals surface area contributed by atoms with E-state index in [1.165, 1.54) is 35.5 Å². The molecule has 0 saturated carbocycles. The van der Waals surface area contributed by atoms with Gasteiger partial charge in [-0.15, -0.1) is 0 Å². The van der Waals surface area contributed by atoms with Crippen LogP contribution >= 0.6 is 0 Å². The molecule has 1 aromatic heterocycles. The zero-order chi connectivity index (χ0) is 20.4. The maximum atomic E-state index is 13.0. The van der Waals surface area contributed by atoms with Crippen LogP contribution in [0.15, 0.2) is 33.5 Å². The van der Waals surface area contributed by atoms with E-state index in [0.29, 0.717) is 11.3 Å². The number of ether oxygens (including phenoxy) is 5. The van der Waals surface area contributed by atoms with Crippen LogP contribution in [0.4, 0.5) is 0 Å². The number of hydrogen-bond donors (Lipinski definition) is 1. The standard InChI is InChI=1S/C20H20O8/c1-23-11-8-6-7-10(9-11)15-14(22)13(21)12-16(24-2)18(25-3)20(27-5)19(26-4)17(12)28-15/h6-9,22H,1-5H3. The van der Waals surface area contributed by atoms with Crippen LogP contribution in [0.5, 0.6) is 34.5 Å². The zero-order valence-corrected chi connectivity index (χ0v) is 16.1. The molecule has 1 heterocycles. The van der Waals surface area contributed by atoms with Gasteiger partial charge in [0.15, 0.2) is 17.1 Å². The number of rotatable bonds is 6. The van der Waals surface area contributed by atoms with E-state index in [9.17, 15) is 9.90 Å². The third kappa shape index (κ3) is 2.83. The summed E-state index contributed by atoms with van der Waals surface area (Å²) in [6.07, 6.45) is 0. The molecule has 0 fully saturated rings. The van der Waals surface area contributed by atoms with E-state index in [0.717, 1.165) is 0 Å². The molecular formula is C20H20O8. The van der Waals surface area contributed by atoms with Crippen molar-refractivity contribution >= 4 is 11.0 Å². The van der Waals surface area contributed by atoms with Gasteiger partial charge in [-0.3, -0.25) is 4.79 Å². The lowest BCUT2D eigenvalue weighted by molar-refractivity contribution is 0.306. The SMILES string of the molecule is COc1cccc(-c2oc3c(OC)c(OC)c(OC)c(OC)c3c(=O)c2O)c1. The molecule has 0 radical (unpaired) electrons. The fourth-order valence-electron chi connectivity index (χ4n) is 3.03. The molecule has 0 spiro atoms. The normalized spacial score (nSPS) is 10.6. The first-order valence-corrected chi connectivity index (χ1v) is 8.22. The van der Waals surface area contributed by atoms with Gasteiger partial charge in [-0.2, -0.15) is 0 Å². The highest BCUT2D eigenvalue weighted by Gasteiger charge is 2.29. The summed E-state index contributed by atoms with van der Waals surface area (Å²) in [6, 6.07) is 6.76. The van der Waals surface area contributed by atoms with E-state index in [1.807, 2.05) is 0 Å². The van der Waals surface area contributed by atoms with E-state index in [2.05, 4.69) is 0 Å². The van der Waals surface area contributed by atoms with E-state index in [1.54, 1.807) is 24.3 Å². The molecule has 8 heteroatoms. The maximum Gasteiger partial charge on any atom is 0.239 e. The largest absolute Gasteiger partial charge is 0.502 e. The van der Waals surface area contributed by atoms with Gasteiger partial charge in [-0.1, -0.05) is 12.1 Å². The molecule has 148 valence electrons. The van der Waals surface area contributed by atoms with Crippen molar-refractivity contribution in [3.63, 3.8) is 0 Å². The molecule has 8 nitrogen and oxygen atoms in total. The Bertz CT molecular complexity index is 1080. The minimum Gasteiger partial charge on any atom is -0.502 e. The van der Waals surface area contributed by atoms with Crippen molar-refractivity contribution < 1.29 is 33.2 Å². The van der Waals surface area contributed by atoms with Crippen LogP contribution in [0.2, 0.25) is 0 Å². The van der Waals surface area contributed by atoms with Gasteiger partial charge in [0.2, 0.25) is 28.4 Å². The van der Waals surface area contributed by atoms with E-state index in [-0.39, 0.29) is 39.7 Å². The number of fused-ring (bicyclic) bond motifs is 1. The fourth-order valence-corrected chi connectivity index (χ4v) is 3.03. The molecule has 0 aliphatic heterocycles. The first kappa shape index (κ1) is 19.2. The molecule has 0 aliphatic rings. The third-order valence-electron chi connectivity index (χ3n) is 4.29. The van der Waals surface area contributed by atoms with Gasteiger partial charge in [-0.25, -0.2) is 0 Å². The van der Waals surface area contributed by atoms with Crippen LogP contribution in [0.3, 0.4) is 0 Å². The van der Waals surface area contributed by atoms with E-state index < -0.39 is 11.2 Å². The van der Waals surface area contributed by atoms with Gasteiger partial charge < -0.3 is 33.2 Å². The molecule has 3 aromatic rings. The molecule has 0 unspecified atom stereocenters. The minimum atomic E-state index is -0.699. The molecule has 0 atom stereocenters. The molecule has 1 N–H and O–H groups in total. The molecule has 0 saturated heterocycles. The van der Waals surface area contributed by atoms with Crippen molar-refractivity contribution in [2.24, 2.45) is 0 Å². The highest BCUT2D eigenvalue weighted by molar-refractivity contribution is 5.96. The first-order valence-electron chi connectivity index (χ1n) is 8.22. The highest BCUT2D eigenvalue weighted by atomic mass is 16.5. The predicted octanol–water partition coefficient (Wildman–Crippen LogP) is 3.21. The van der Waals surface area contributed by atoms with Crippen LogP contribution in [-0.2, 0) is 0 Å². The second kappa shape index (κ2) is 7.59. The van der Waals surface area contributed by atoms with E-state index >= 15 is 0 Å². The molecule has 2 aromatic carbocycles. The van der Waals surface area contributed by atoms with Gasteiger partial charge in [0.1, 0.15) is 11.1 Å². The Morgan fingerprint density at radius 2 is 1.43 bits per heavy atom. The summed E-state index contributed by atoms with van der Waals surface area (Å²) >= 11 is 0. The lowest BCUT2D eigenvalue weighted by atomic mass is 10.1. The van der Waals surface area contributed by atoms with Crippen LogP contribution < -0.4 is 29.1 Å². The van der Waals surface area contributed by atoms with Gasteiger partial charge >= 0.3 is 0 Å². The van der Waals surface area contributed by atoms with Gasteiger partial charge in [-0.05, 0) is 12.1 Å². The second-order valence-corrected chi connectivity index (χ2v) is 5.68. The average molecular weight is 388 g/mol. The van der Waals surface area contributed by atoms with Crippen molar-refractivity contribution in [1.82, 2.24) is 0 Å². The molecule has 0 aliphatic carbocycles. The molecule has 0 bridgehead atoms. The number of aromatic hydroxyl groups is 1. The number of benzene rings is 2. The Labute approximate surface area is 160 Å². The van der Waals surface area contributed by atoms with Crippen LogP contribution in [-0.4, -0.2) is 40.7 Å². The summed E-state index contributed by atoms with van der Waals surface area (Å²) in [5.41, 5.74) is -0.195. The lowest BCUT2D eigenvalue weighted by Crippen LogP contribution is -2.08. The Kier molecular flexibility index (Phi) is 5.21. The average Bonchev–Trinajstić information content (AvgIpc) is 2.74. The Morgan fingerprint density at radius 3 is 2.00 bits per heavy atom. The third-order valence-corrected chi connectivity index (χ3v) is 4.29.